The molecular weight excluding hydrogens is 375 g/mol. The van der Waals surface area contributed by atoms with E-state index < -0.39 is 0 Å². The van der Waals surface area contributed by atoms with Gasteiger partial charge in [-0.05, 0) is 36.1 Å². The average Bonchev–Trinajstić information content (AvgIpc) is 2.58. The van der Waals surface area contributed by atoms with Crippen LogP contribution in [0.4, 0.5) is 0 Å². The summed E-state index contributed by atoms with van der Waals surface area (Å²) < 4.78 is 0. The zero-order valence-electron chi connectivity index (χ0n) is 11.8. The van der Waals surface area contributed by atoms with E-state index in [0.717, 1.165) is 5.02 Å². The summed E-state index contributed by atoms with van der Waals surface area (Å²) >= 11 is 10.1. The van der Waals surface area contributed by atoms with Crippen molar-refractivity contribution in [3.63, 3.8) is 0 Å². The molecule has 22 heavy (non-hydrogen) atoms. The Morgan fingerprint density at radius 2 is 1.18 bits per heavy atom. The molecular formula is C19H15BrClP. The second-order valence-electron chi connectivity index (χ2n) is 5.09. The zero-order valence-corrected chi connectivity index (χ0v) is 15.2. The molecule has 1 unspecified atom stereocenters. The van der Waals surface area contributed by atoms with Gasteiger partial charge in [-0.2, -0.15) is 0 Å². The highest BCUT2D eigenvalue weighted by molar-refractivity contribution is 9.36. The third-order valence-electron chi connectivity index (χ3n) is 3.81. The lowest BCUT2D eigenvalue weighted by molar-refractivity contribution is 0.895. The van der Waals surface area contributed by atoms with Gasteiger partial charge in [0.15, 0.2) is 0 Å². The first-order valence-electron chi connectivity index (χ1n) is 7.02. The van der Waals surface area contributed by atoms with Gasteiger partial charge in [0.05, 0.1) is 5.16 Å². The van der Waals surface area contributed by atoms with Gasteiger partial charge in [0.2, 0.25) is 0 Å². The zero-order chi connectivity index (χ0) is 15.4. The Balaban J connectivity index is 2.31. The van der Waals surface area contributed by atoms with Crippen LogP contribution in [0.25, 0.3) is 0 Å². The summed E-state index contributed by atoms with van der Waals surface area (Å²) in [5.74, 6) is 0. The highest BCUT2D eigenvalue weighted by Crippen LogP contribution is 2.55. The molecule has 0 radical (unpaired) electrons. The number of hydrogen-bond donors (Lipinski definition) is 0. The maximum Gasteiger partial charge on any atom is 0.0722 e. The van der Waals surface area contributed by atoms with Crippen molar-refractivity contribution in [2.75, 3.05) is 0 Å². The molecule has 3 rings (SSSR count). The smallest absolute Gasteiger partial charge is 0.0722 e. The monoisotopic (exact) mass is 388 g/mol. The van der Waals surface area contributed by atoms with E-state index >= 15 is 0 Å². The quantitative estimate of drug-likeness (QED) is 0.347. The fraction of sp³-hybridized carbons (Fsp3) is 0.0526. The molecule has 0 bridgehead atoms. The number of hydrogen-bond acceptors (Lipinski definition) is 0. The van der Waals surface area contributed by atoms with Crippen LogP contribution in [0.3, 0.4) is 0 Å². The van der Waals surface area contributed by atoms with Crippen molar-refractivity contribution in [3.05, 3.63) is 107 Å². The lowest BCUT2D eigenvalue weighted by Gasteiger charge is -2.34. The standard InChI is InChI=1S/C19H15BrClP/c20-22-19(15-8-3-1-4-9-15,16-10-5-2-6-11-16)17-12-7-13-18(21)14-17/h1-14,22H. The van der Waals surface area contributed by atoms with Gasteiger partial charge in [0.25, 0.3) is 0 Å². The van der Waals surface area contributed by atoms with E-state index in [4.69, 9.17) is 11.6 Å². The molecule has 0 aliphatic heterocycles. The predicted molar refractivity (Wildman–Crippen MR) is 101 cm³/mol. The molecule has 0 fully saturated rings. The number of rotatable bonds is 4. The van der Waals surface area contributed by atoms with Gasteiger partial charge in [-0.3, -0.25) is 0 Å². The lowest BCUT2D eigenvalue weighted by Crippen LogP contribution is -2.22. The molecule has 3 aromatic carbocycles. The van der Waals surface area contributed by atoms with Gasteiger partial charge in [-0.1, -0.05) is 99.9 Å². The van der Waals surface area contributed by atoms with Gasteiger partial charge >= 0.3 is 0 Å². The van der Waals surface area contributed by atoms with Crippen molar-refractivity contribution >= 4 is 34.4 Å². The van der Waals surface area contributed by atoms with Crippen LogP contribution < -0.4 is 0 Å². The van der Waals surface area contributed by atoms with Crippen LogP contribution >= 0.6 is 34.4 Å². The van der Waals surface area contributed by atoms with E-state index in [1.165, 1.54) is 16.7 Å². The molecule has 0 aromatic heterocycles. The van der Waals surface area contributed by atoms with E-state index in [-0.39, 0.29) is 5.16 Å². The second kappa shape index (κ2) is 6.96. The van der Waals surface area contributed by atoms with E-state index in [9.17, 15) is 0 Å². The SMILES string of the molecule is Clc1cccc(C(PBr)(c2ccccc2)c2ccccc2)c1. The molecule has 3 heteroatoms. The minimum absolute atomic E-state index is 0.229. The number of halogens is 2. The third kappa shape index (κ3) is 2.86. The summed E-state index contributed by atoms with van der Waals surface area (Å²) in [6.45, 7) is 0. The van der Waals surface area contributed by atoms with E-state index in [0.29, 0.717) is 7.28 Å². The Morgan fingerprint density at radius 1 is 0.682 bits per heavy atom. The summed E-state index contributed by atoms with van der Waals surface area (Å²) in [6, 6.07) is 29.3. The fourth-order valence-corrected chi connectivity index (χ4v) is 5.83. The topological polar surface area (TPSA) is 0 Å². The molecule has 0 heterocycles. The Kier molecular flexibility index (Phi) is 4.98. The van der Waals surface area contributed by atoms with Crippen molar-refractivity contribution in [3.8, 4) is 0 Å². The van der Waals surface area contributed by atoms with Crippen LogP contribution in [0.5, 0.6) is 0 Å². The van der Waals surface area contributed by atoms with Crippen molar-refractivity contribution < 1.29 is 0 Å². The molecule has 0 saturated heterocycles. The molecule has 1 atom stereocenters. The van der Waals surface area contributed by atoms with Crippen molar-refractivity contribution in [1.82, 2.24) is 0 Å². The Labute approximate surface area is 146 Å². The maximum absolute atomic E-state index is 6.27. The number of benzene rings is 3. The molecule has 0 saturated carbocycles. The molecule has 0 spiro atoms. The van der Waals surface area contributed by atoms with Crippen LogP contribution in [0.15, 0.2) is 84.9 Å². The molecule has 110 valence electrons. The van der Waals surface area contributed by atoms with Gasteiger partial charge < -0.3 is 0 Å². The molecule has 3 aromatic rings. The first-order valence-corrected chi connectivity index (χ1v) is 10.7. The highest BCUT2D eigenvalue weighted by atomic mass is 79.9. The van der Waals surface area contributed by atoms with Crippen molar-refractivity contribution in [2.45, 2.75) is 5.16 Å². The summed E-state index contributed by atoms with van der Waals surface area (Å²) in [4.78, 5) is 0. The summed E-state index contributed by atoms with van der Waals surface area (Å²) in [5.41, 5.74) is 3.73. The van der Waals surface area contributed by atoms with E-state index in [1.54, 1.807) is 0 Å². The van der Waals surface area contributed by atoms with Gasteiger partial charge in [-0.15, -0.1) is 0 Å². The minimum Gasteiger partial charge on any atom is -0.0843 e. The Hall–Kier alpha value is -1.14. The van der Waals surface area contributed by atoms with Gasteiger partial charge in [-0.25, -0.2) is 0 Å². The summed E-state index contributed by atoms with van der Waals surface area (Å²) in [5, 5.41) is 0.535. The van der Waals surface area contributed by atoms with Gasteiger partial charge in [0, 0.05) is 5.02 Å². The van der Waals surface area contributed by atoms with Crippen LogP contribution in [0.2, 0.25) is 5.02 Å². The van der Waals surface area contributed by atoms with Crippen molar-refractivity contribution in [1.29, 1.82) is 0 Å². The highest BCUT2D eigenvalue weighted by Gasteiger charge is 2.35. The molecule has 0 amide bonds. The summed E-state index contributed by atoms with van der Waals surface area (Å²) in [7, 11) is 0.502. The van der Waals surface area contributed by atoms with Crippen molar-refractivity contribution in [2.24, 2.45) is 0 Å². The normalized spacial score (nSPS) is 11.9. The van der Waals surface area contributed by atoms with Gasteiger partial charge in [0.1, 0.15) is 0 Å². The van der Waals surface area contributed by atoms with Crippen LogP contribution in [0, 0.1) is 0 Å². The molecule has 0 aliphatic carbocycles. The Morgan fingerprint density at radius 3 is 1.64 bits per heavy atom. The second-order valence-corrected chi connectivity index (χ2v) is 7.65. The van der Waals surface area contributed by atoms with Crippen LogP contribution in [-0.4, -0.2) is 0 Å². The first-order chi connectivity index (χ1) is 10.8. The van der Waals surface area contributed by atoms with E-state index in [1.807, 2.05) is 12.1 Å². The Bertz CT molecular complexity index is 704. The largest absolute Gasteiger partial charge is 0.0843 e. The fourth-order valence-electron chi connectivity index (χ4n) is 2.76. The first kappa shape index (κ1) is 15.7. The van der Waals surface area contributed by atoms with Crippen LogP contribution in [0.1, 0.15) is 16.7 Å². The molecule has 0 N–H and O–H groups in total. The summed E-state index contributed by atoms with van der Waals surface area (Å²) in [6.07, 6.45) is 0. The maximum atomic E-state index is 6.27. The lowest BCUT2D eigenvalue weighted by atomic mass is 9.84. The minimum atomic E-state index is -0.229. The average molecular weight is 390 g/mol. The third-order valence-corrected chi connectivity index (χ3v) is 6.98. The van der Waals surface area contributed by atoms with Crippen LogP contribution in [-0.2, 0) is 5.16 Å². The van der Waals surface area contributed by atoms with E-state index in [2.05, 4.69) is 88.3 Å². The molecule has 0 aliphatic rings. The molecule has 0 nitrogen and oxygen atoms in total. The predicted octanol–water partition coefficient (Wildman–Crippen LogP) is 6.62.